The summed E-state index contributed by atoms with van der Waals surface area (Å²) < 4.78 is 19.3. The predicted molar refractivity (Wildman–Crippen MR) is 125 cm³/mol. The van der Waals surface area contributed by atoms with Gasteiger partial charge < -0.3 is 30.2 Å². The van der Waals surface area contributed by atoms with E-state index in [1.165, 1.54) is 26.2 Å². The van der Waals surface area contributed by atoms with Crippen molar-refractivity contribution in [2.75, 3.05) is 33.9 Å². The molecule has 184 valence electrons. The Labute approximate surface area is 198 Å². The summed E-state index contributed by atoms with van der Waals surface area (Å²) in [6, 6.07) is 2.84. The molecule has 10 heteroatoms. The number of nitrogens with zero attached hydrogens (tertiary/aromatic N) is 2. The number of nitrogens with one attached hydrogen (secondary N) is 3. The Bertz CT molecular complexity index is 1090. The van der Waals surface area contributed by atoms with Crippen molar-refractivity contribution in [3.05, 3.63) is 35.8 Å². The lowest BCUT2D eigenvalue weighted by molar-refractivity contribution is -0.139. The monoisotopic (exact) mass is 473 g/mol. The molecular formula is C24H32FN5O4. The molecule has 3 heterocycles. The molecule has 5 unspecified atom stereocenters. The van der Waals surface area contributed by atoms with Gasteiger partial charge in [0.25, 0.3) is 0 Å². The van der Waals surface area contributed by atoms with Crippen LogP contribution < -0.4 is 10.6 Å². The third-order valence-corrected chi connectivity index (χ3v) is 7.16. The summed E-state index contributed by atoms with van der Waals surface area (Å²) in [5.74, 6) is -1.12. The molecule has 2 aliphatic heterocycles. The number of H-pyrrole nitrogens is 1. The number of hydrogen-bond acceptors (Lipinski definition) is 5. The molecule has 34 heavy (non-hydrogen) atoms. The second-order valence-corrected chi connectivity index (χ2v) is 9.12. The minimum atomic E-state index is -0.848. The average Bonchev–Trinajstić information content (AvgIpc) is 3.51. The molecule has 3 N–H and O–H groups in total. The largest absolute Gasteiger partial charge is 0.382 e. The van der Waals surface area contributed by atoms with Crippen LogP contribution in [0.15, 0.2) is 24.4 Å². The fourth-order valence-electron chi connectivity index (χ4n) is 5.37. The van der Waals surface area contributed by atoms with Crippen molar-refractivity contribution in [2.24, 2.45) is 0 Å². The van der Waals surface area contributed by atoms with Crippen molar-refractivity contribution >= 4 is 28.6 Å². The van der Waals surface area contributed by atoms with Crippen LogP contribution in [0.1, 0.15) is 31.7 Å². The quantitative estimate of drug-likeness (QED) is 0.556. The lowest BCUT2D eigenvalue weighted by atomic mass is 9.91. The molecule has 4 rings (SSSR count). The van der Waals surface area contributed by atoms with E-state index in [2.05, 4.69) is 15.6 Å². The number of halogens is 1. The zero-order valence-electron chi connectivity index (χ0n) is 19.9. The predicted octanol–water partition coefficient (Wildman–Crippen LogP) is 0.961. The van der Waals surface area contributed by atoms with Crippen molar-refractivity contribution in [3.8, 4) is 0 Å². The molecule has 2 aromatic rings. The third-order valence-electron chi connectivity index (χ3n) is 7.16. The van der Waals surface area contributed by atoms with Crippen LogP contribution in [-0.4, -0.2) is 90.5 Å². The fraction of sp³-hybridized carbons (Fsp3) is 0.542. The Morgan fingerprint density at radius 2 is 2.06 bits per heavy atom. The fourth-order valence-corrected chi connectivity index (χ4v) is 5.37. The summed E-state index contributed by atoms with van der Waals surface area (Å²) in [5, 5.41) is 6.41. The van der Waals surface area contributed by atoms with E-state index in [9.17, 15) is 18.8 Å². The smallest absolute Gasteiger partial charge is 0.247 e. The molecule has 9 nitrogen and oxygen atoms in total. The Morgan fingerprint density at radius 3 is 2.74 bits per heavy atom. The van der Waals surface area contributed by atoms with Gasteiger partial charge in [-0.2, -0.15) is 0 Å². The Hall–Kier alpha value is -2.98. The molecule has 0 spiro atoms. The molecule has 2 fully saturated rings. The number of benzene rings is 1. The van der Waals surface area contributed by atoms with Gasteiger partial charge in [0.15, 0.2) is 0 Å². The number of amides is 3. The number of carbonyl (C=O) groups is 3. The lowest BCUT2D eigenvalue weighted by Gasteiger charge is -2.32. The van der Waals surface area contributed by atoms with E-state index in [0.29, 0.717) is 19.5 Å². The van der Waals surface area contributed by atoms with E-state index >= 15 is 0 Å². The number of fused-ring (bicyclic) bond motifs is 2. The molecule has 2 saturated heterocycles. The average molecular weight is 474 g/mol. The maximum atomic E-state index is 14.1. The number of methoxy groups -OCH3 is 1. The van der Waals surface area contributed by atoms with Crippen molar-refractivity contribution < 1.29 is 23.5 Å². The van der Waals surface area contributed by atoms with Crippen molar-refractivity contribution in [3.63, 3.8) is 0 Å². The van der Waals surface area contributed by atoms with Gasteiger partial charge in [0.05, 0.1) is 24.7 Å². The highest BCUT2D eigenvalue weighted by atomic mass is 19.1. The van der Waals surface area contributed by atoms with Gasteiger partial charge in [0.2, 0.25) is 17.7 Å². The van der Waals surface area contributed by atoms with Crippen LogP contribution in [-0.2, 0) is 19.1 Å². The first-order valence-corrected chi connectivity index (χ1v) is 11.6. The third kappa shape index (κ3) is 4.27. The molecule has 2 aliphatic rings. The van der Waals surface area contributed by atoms with Gasteiger partial charge in [0.1, 0.15) is 11.9 Å². The molecular weight excluding hydrogens is 441 g/mol. The van der Waals surface area contributed by atoms with Gasteiger partial charge in [-0.15, -0.1) is 0 Å². The number of likely N-dealkylation sites (tertiary alicyclic amines) is 2. The van der Waals surface area contributed by atoms with Gasteiger partial charge in [-0.25, -0.2) is 4.39 Å². The zero-order chi connectivity index (χ0) is 24.6. The lowest BCUT2D eigenvalue weighted by Crippen LogP contribution is -2.56. The maximum Gasteiger partial charge on any atom is 0.247 e. The number of aromatic nitrogens is 1. The van der Waals surface area contributed by atoms with Gasteiger partial charge in [-0.05, 0) is 44.2 Å². The van der Waals surface area contributed by atoms with E-state index in [4.69, 9.17) is 4.74 Å². The van der Waals surface area contributed by atoms with Crippen LogP contribution >= 0.6 is 0 Å². The molecule has 0 aliphatic carbocycles. The molecule has 1 aromatic carbocycles. The molecule has 5 atom stereocenters. The maximum absolute atomic E-state index is 14.1. The Kier molecular flexibility index (Phi) is 6.90. The zero-order valence-corrected chi connectivity index (χ0v) is 19.9. The first-order chi connectivity index (χ1) is 16.3. The number of carbonyl (C=O) groups excluding carboxylic acids is 3. The highest BCUT2D eigenvalue weighted by molar-refractivity contribution is 5.91. The summed E-state index contributed by atoms with van der Waals surface area (Å²) in [4.78, 5) is 45.4. The Balaban J connectivity index is 1.67. The van der Waals surface area contributed by atoms with Gasteiger partial charge in [0, 0.05) is 50.1 Å². The SMILES string of the molecule is CNC(C)C(=O)NC(COC)C(=O)N1CCC2C1C(c1c[nH]c3ccc(F)cc13)CN2C(C)=O. The molecule has 0 saturated carbocycles. The topological polar surface area (TPSA) is 107 Å². The standard InChI is InChI=1S/C24H32FN5O4/c1-13(26-3)23(32)28-20(12-34-4)24(33)29-8-7-21-22(29)18(11-30(21)14(2)31)17-10-27-19-6-5-15(25)9-16(17)19/h5-6,9-10,13,18,20-22,26-27H,7-8,11-12H2,1-4H3,(H,28,32). The van der Waals surface area contributed by atoms with Crippen molar-refractivity contribution in [2.45, 2.75) is 50.4 Å². The Morgan fingerprint density at radius 1 is 1.29 bits per heavy atom. The summed E-state index contributed by atoms with van der Waals surface area (Å²) >= 11 is 0. The van der Waals surface area contributed by atoms with Crippen LogP contribution in [0.3, 0.4) is 0 Å². The highest BCUT2D eigenvalue weighted by Crippen LogP contribution is 2.43. The molecule has 3 amide bonds. The number of hydrogen-bond donors (Lipinski definition) is 3. The van der Waals surface area contributed by atoms with Crippen LogP contribution in [0.4, 0.5) is 4.39 Å². The van der Waals surface area contributed by atoms with Gasteiger partial charge >= 0.3 is 0 Å². The number of aromatic amines is 1. The molecule has 1 aromatic heterocycles. The number of ether oxygens (including phenoxy) is 1. The first kappa shape index (κ1) is 24.2. The first-order valence-electron chi connectivity index (χ1n) is 11.6. The van der Waals surface area contributed by atoms with Crippen molar-refractivity contribution in [1.82, 2.24) is 25.4 Å². The summed E-state index contributed by atoms with van der Waals surface area (Å²) in [6.45, 7) is 4.18. The second-order valence-electron chi connectivity index (χ2n) is 9.12. The van der Waals surface area contributed by atoms with E-state index in [1.807, 2.05) is 11.1 Å². The number of rotatable bonds is 7. The van der Waals surface area contributed by atoms with E-state index < -0.39 is 12.1 Å². The van der Waals surface area contributed by atoms with E-state index in [0.717, 1.165) is 16.5 Å². The highest BCUT2D eigenvalue weighted by Gasteiger charge is 2.52. The summed E-state index contributed by atoms with van der Waals surface area (Å²) in [6.07, 6.45) is 2.49. The van der Waals surface area contributed by atoms with E-state index in [1.54, 1.807) is 24.9 Å². The summed E-state index contributed by atoms with van der Waals surface area (Å²) in [5.41, 5.74) is 1.68. The van der Waals surface area contributed by atoms with Gasteiger partial charge in [-0.1, -0.05) is 0 Å². The summed E-state index contributed by atoms with van der Waals surface area (Å²) in [7, 11) is 3.16. The van der Waals surface area contributed by atoms with Crippen LogP contribution in [0.25, 0.3) is 10.9 Å². The van der Waals surface area contributed by atoms with Gasteiger partial charge in [-0.3, -0.25) is 14.4 Å². The van der Waals surface area contributed by atoms with Crippen LogP contribution in [0.5, 0.6) is 0 Å². The van der Waals surface area contributed by atoms with Crippen molar-refractivity contribution in [1.29, 1.82) is 0 Å². The second kappa shape index (κ2) is 9.71. The van der Waals surface area contributed by atoms with Crippen LogP contribution in [0, 0.1) is 5.82 Å². The number of likely N-dealkylation sites (N-methyl/N-ethyl adjacent to an activating group) is 1. The molecule has 0 bridgehead atoms. The van der Waals surface area contributed by atoms with E-state index in [-0.39, 0.29) is 48.1 Å². The normalized spacial score (nSPS) is 23.7. The minimum absolute atomic E-state index is 0.0360. The van der Waals surface area contributed by atoms with Crippen LogP contribution in [0.2, 0.25) is 0 Å². The minimum Gasteiger partial charge on any atom is -0.382 e. The molecule has 0 radical (unpaired) electrons.